The average Bonchev–Trinajstić information content (AvgIpc) is 3.12. The zero-order valence-corrected chi connectivity index (χ0v) is 21.4. The predicted octanol–water partition coefficient (Wildman–Crippen LogP) is 6.86. The van der Waals surface area contributed by atoms with Gasteiger partial charge in [-0.25, -0.2) is 0 Å². The first-order valence-electron chi connectivity index (χ1n) is 13.3. The smallest absolute Gasteiger partial charge is 0.220 e. The van der Waals surface area contributed by atoms with E-state index in [1.165, 1.54) is 76.3 Å². The summed E-state index contributed by atoms with van der Waals surface area (Å²) >= 11 is 1.41. The molecule has 0 saturated heterocycles. The molecular formula is C27H47NO2S. The van der Waals surface area contributed by atoms with Crippen LogP contribution in [0, 0.1) is 46.3 Å². The lowest BCUT2D eigenvalue weighted by molar-refractivity contribution is -0.122. The summed E-state index contributed by atoms with van der Waals surface area (Å²) < 4.78 is 4.99. The second-order valence-corrected chi connectivity index (χ2v) is 13.0. The fourth-order valence-electron chi connectivity index (χ4n) is 9.23. The Bertz CT molecular complexity index is 626. The Hall–Kier alpha value is -0.220. The lowest BCUT2D eigenvalue weighted by atomic mass is 9.44. The van der Waals surface area contributed by atoms with Crippen LogP contribution in [-0.4, -0.2) is 25.3 Å². The van der Waals surface area contributed by atoms with Crippen LogP contribution in [0.1, 0.15) is 97.8 Å². The van der Waals surface area contributed by atoms with Crippen molar-refractivity contribution in [3.05, 3.63) is 0 Å². The maximum Gasteiger partial charge on any atom is 0.220 e. The van der Waals surface area contributed by atoms with E-state index in [4.69, 9.17) is 4.18 Å². The summed E-state index contributed by atoms with van der Waals surface area (Å²) in [6.07, 6.45) is 16.5. The van der Waals surface area contributed by atoms with E-state index < -0.39 is 0 Å². The summed E-state index contributed by atoms with van der Waals surface area (Å²) in [5, 5.41) is 3.06. The fourth-order valence-corrected chi connectivity index (χ4v) is 9.59. The number of fused-ring (bicyclic) bond motifs is 5. The van der Waals surface area contributed by atoms with E-state index in [9.17, 15) is 4.79 Å². The van der Waals surface area contributed by atoms with Gasteiger partial charge < -0.3 is 9.50 Å². The third-order valence-electron chi connectivity index (χ3n) is 10.8. The van der Waals surface area contributed by atoms with Crippen molar-refractivity contribution in [3.8, 4) is 0 Å². The first-order valence-corrected chi connectivity index (χ1v) is 14.2. The van der Waals surface area contributed by atoms with Crippen LogP contribution in [0.2, 0.25) is 0 Å². The lowest BCUT2D eigenvalue weighted by Crippen LogP contribution is -2.53. The molecule has 4 rings (SSSR count). The molecule has 4 aliphatic carbocycles. The molecule has 4 saturated carbocycles. The van der Waals surface area contributed by atoms with Gasteiger partial charge in [0.15, 0.2) is 0 Å². The zero-order chi connectivity index (χ0) is 22.1. The zero-order valence-electron chi connectivity index (χ0n) is 20.6. The van der Waals surface area contributed by atoms with Crippen LogP contribution >= 0.6 is 12.0 Å². The fraction of sp³-hybridized carbons (Fsp3) is 0.963. The highest BCUT2D eigenvalue weighted by Gasteiger charge is 2.60. The molecule has 0 aromatic heterocycles. The van der Waals surface area contributed by atoms with Crippen LogP contribution in [0.4, 0.5) is 0 Å². The van der Waals surface area contributed by atoms with Crippen molar-refractivity contribution in [1.82, 2.24) is 5.32 Å². The molecule has 3 nitrogen and oxygen atoms in total. The minimum Gasteiger partial charge on any atom is -0.355 e. The van der Waals surface area contributed by atoms with Crippen molar-refractivity contribution in [2.75, 3.05) is 19.4 Å². The van der Waals surface area contributed by atoms with Gasteiger partial charge in [-0.05, 0) is 116 Å². The molecule has 4 aliphatic rings. The minimum atomic E-state index is 0.218. The summed E-state index contributed by atoms with van der Waals surface area (Å²) in [5.41, 5.74) is 1.16. The third-order valence-corrected chi connectivity index (χ3v) is 11.4. The summed E-state index contributed by atoms with van der Waals surface area (Å²) in [4.78, 5) is 12.3. The van der Waals surface area contributed by atoms with Crippen molar-refractivity contribution >= 4 is 17.9 Å². The molecule has 31 heavy (non-hydrogen) atoms. The molecule has 178 valence electrons. The van der Waals surface area contributed by atoms with Gasteiger partial charge in [-0.3, -0.25) is 4.79 Å². The van der Waals surface area contributed by atoms with Crippen molar-refractivity contribution in [2.45, 2.75) is 97.8 Å². The number of carbonyl (C=O) groups excluding carboxylic acids is 1. The number of carbonyl (C=O) groups is 1. The van der Waals surface area contributed by atoms with E-state index in [1.54, 1.807) is 7.11 Å². The highest BCUT2D eigenvalue weighted by molar-refractivity contribution is 7.94. The molecule has 1 N–H and O–H groups in total. The van der Waals surface area contributed by atoms with E-state index in [1.807, 2.05) is 0 Å². The number of rotatable bonds is 8. The molecule has 0 bridgehead atoms. The Kier molecular flexibility index (Phi) is 7.68. The standard InChI is InChI=1S/C27H47NO2S/c1-19(8-13-25(29)28-17-18-31-30-4)22-11-12-23-21-10-9-20-7-5-6-15-26(20,2)24(21)14-16-27(22,23)3/h19-24H,5-18H2,1-4H3,(H,28,29)/t19-,20?,21?,22?,23?,24?,26?,27?/m1/s1. The van der Waals surface area contributed by atoms with E-state index in [0.29, 0.717) is 29.7 Å². The molecule has 4 fully saturated rings. The molecule has 0 aromatic rings. The number of amides is 1. The van der Waals surface area contributed by atoms with Crippen molar-refractivity contribution in [3.63, 3.8) is 0 Å². The maximum absolute atomic E-state index is 12.3. The van der Waals surface area contributed by atoms with Gasteiger partial charge in [0, 0.05) is 18.7 Å². The van der Waals surface area contributed by atoms with Crippen molar-refractivity contribution in [1.29, 1.82) is 0 Å². The first kappa shape index (κ1) is 23.9. The predicted molar refractivity (Wildman–Crippen MR) is 131 cm³/mol. The van der Waals surface area contributed by atoms with Crippen LogP contribution in [0.5, 0.6) is 0 Å². The lowest BCUT2D eigenvalue weighted by Gasteiger charge is -2.61. The molecule has 8 atom stereocenters. The SMILES string of the molecule is COSCCNC(=O)CC[C@@H](C)C1CCC2C3CCC4CCCCC4(C)C3CCC21C. The van der Waals surface area contributed by atoms with Gasteiger partial charge in [-0.1, -0.05) is 33.6 Å². The summed E-state index contributed by atoms with van der Waals surface area (Å²) in [6, 6.07) is 0. The molecular weight excluding hydrogens is 402 g/mol. The van der Waals surface area contributed by atoms with Crippen LogP contribution in [0.25, 0.3) is 0 Å². The largest absolute Gasteiger partial charge is 0.355 e. The van der Waals surface area contributed by atoms with Crippen LogP contribution in [0.3, 0.4) is 0 Å². The molecule has 0 radical (unpaired) electrons. The molecule has 7 unspecified atom stereocenters. The Morgan fingerprint density at radius 2 is 1.84 bits per heavy atom. The van der Waals surface area contributed by atoms with E-state index in [-0.39, 0.29) is 5.91 Å². The highest BCUT2D eigenvalue weighted by Crippen LogP contribution is 2.68. The van der Waals surface area contributed by atoms with E-state index in [0.717, 1.165) is 41.8 Å². The van der Waals surface area contributed by atoms with E-state index in [2.05, 4.69) is 26.1 Å². The quantitative estimate of drug-likeness (QED) is 0.325. The Morgan fingerprint density at radius 3 is 2.65 bits per heavy atom. The summed E-state index contributed by atoms with van der Waals surface area (Å²) in [6.45, 7) is 8.49. The summed E-state index contributed by atoms with van der Waals surface area (Å²) in [5.74, 6) is 6.45. The van der Waals surface area contributed by atoms with Crippen molar-refractivity contribution in [2.24, 2.45) is 46.3 Å². The van der Waals surface area contributed by atoms with Gasteiger partial charge in [-0.15, -0.1) is 0 Å². The second-order valence-electron chi connectivity index (χ2n) is 12.0. The number of hydrogen-bond donors (Lipinski definition) is 1. The molecule has 0 aliphatic heterocycles. The Morgan fingerprint density at radius 1 is 1.03 bits per heavy atom. The van der Waals surface area contributed by atoms with Gasteiger partial charge in [0.1, 0.15) is 0 Å². The van der Waals surface area contributed by atoms with Crippen molar-refractivity contribution < 1.29 is 8.98 Å². The van der Waals surface area contributed by atoms with Gasteiger partial charge in [-0.2, -0.15) is 0 Å². The monoisotopic (exact) mass is 449 g/mol. The third kappa shape index (κ3) is 4.59. The Balaban J connectivity index is 1.34. The Labute approximate surface area is 195 Å². The number of hydrogen-bond acceptors (Lipinski definition) is 3. The second kappa shape index (κ2) is 9.95. The van der Waals surface area contributed by atoms with Gasteiger partial charge in [0.25, 0.3) is 0 Å². The number of nitrogens with one attached hydrogen (secondary N) is 1. The normalized spacial score (nSPS) is 42.9. The van der Waals surface area contributed by atoms with Gasteiger partial charge in [0.05, 0.1) is 7.11 Å². The molecule has 0 heterocycles. The van der Waals surface area contributed by atoms with Gasteiger partial charge in [0.2, 0.25) is 5.91 Å². The molecule has 0 spiro atoms. The average molecular weight is 450 g/mol. The molecule has 0 aromatic carbocycles. The van der Waals surface area contributed by atoms with Crippen LogP contribution < -0.4 is 5.32 Å². The van der Waals surface area contributed by atoms with Crippen LogP contribution in [0.15, 0.2) is 0 Å². The van der Waals surface area contributed by atoms with E-state index >= 15 is 0 Å². The van der Waals surface area contributed by atoms with Crippen LogP contribution in [-0.2, 0) is 8.98 Å². The minimum absolute atomic E-state index is 0.218. The highest BCUT2D eigenvalue weighted by atomic mass is 32.2. The molecule has 1 amide bonds. The topological polar surface area (TPSA) is 38.3 Å². The maximum atomic E-state index is 12.3. The molecule has 4 heteroatoms. The summed E-state index contributed by atoms with van der Waals surface area (Å²) in [7, 11) is 1.68. The first-order chi connectivity index (χ1) is 14.9. The van der Waals surface area contributed by atoms with Gasteiger partial charge >= 0.3 is 0 Å².